The summed E-state index contributed by atoms with van der Waals surface area (Å²) in [6, 6.07) is 5.97. The highest BCUT2D eigenvalue weighted by atomic mass is 16.6. The molecule has 6 heteroatoms. The number of nitrogens with zero attached hydrogens (tertiary/aromatic N) is 2. The highest BCUT2D eigenvalue weighted by Gasteiger charge is 2.41. The van der Waals surface area contributed by atoms with Gasteiger partial charge in [0.05, 0.1) is 25.6 Å². The number of hydrogen-bond acceptors (Lipinski definition) is 4. The van der Waals surface area contributed by atoms with Crippen molar-refractivity contribution in [3.05, 3.63) is 41.6 Å². The van der Waals surface area contributed by atoms with E-state index in [4.69, 9.17) is 9.47 Å². The molecule has 0 saturated heterocycles. The molecule has 1 aromatic carbocycles. The zero-order chi connectivity index (χ0) is 22.3. The number of carbonyl (C=O) groups is 2. The molecule has 0 saturated carbocycles. The van der Waals surface area contributed by atoms with E-state index in [1.165, 1.54) is 12.7 Å². The second kappa shape index (κ2) is 7.81. The second-order valence-electron chi connectivity index (χ2n) is 9.01. The Bertz CT molecular complexity index is 1140. The Kier molecular flexibility index (Phi) is 5.30. The molecule has 4 rings (SSSR count). The van der Waals surface area contributed by atoms with Crippen LogP contribution in [0.15, 0.2) is 30.5 Å². The van der Waals surface area contributed by atoms with Crippen molar-refractivity contribution < 1.29 is 19.1 Å². The summed E-state index contributed by atoms with van der Waals surface area (Å²) < 4.78 is 12.9. The number of aromatic nitrogens is 1. The van der Waals surface area contributed by atoms with Crippen LogP contribution >= 0.6 is 0 Å². The predicted molar refractivity (Wildman–Crippen MR) is 119 cm³/mol. The largest absolute Gasteiger partial charge is 0.469 e. The molecule has 2 heterocycles. The average molecular weight is 421 g/mol. The van der Waals surface area contributed by atoms with Crippen LogP contribution in [0.4, 0.5) is 4.79 Å². The molecule has 0 spiro atoms. The summed E-state index contributed by atoms with van der Waals surface area (Å²) >= 11 is 0. The van der Waals surface area contributed by atoms with Crippen LogP contribution in [0, 0.1) is 17.8 Å². The Hall–Kier alpha value is -3.20. The van der Waals surface area contributed by atoms with E-state index in [1.807, 2.05) is 39.8 Å². The Balaban J connectivity index is 1.84. The molecule has 31 heavy (non-hydrogen) atoms. The molecule has 1 amide bonds. The smallest absolute Gasteiger partial charge is 0.410 e. The molecule has 0 bridgehead atoms. The molecule has 0 radical (unpaired) electrons. The SMILES string of the molecule is CC#CCn1cc2c3c(cccc31)C1=C[C@@H](C(=O)OC)CN(C(=O)OC(C)(C)C)[C@@H]1C2. The number of amides is 1. The first-order valence-electron chi connectivity index (χ1n) is 10.5. The summed E-state index contributed by atoms with van der Waals surface area (Å²) in [6.07, 6.45) is 4.36. The highest BCUT2D eigenvalue weighted by Crippen LogP contribution is 2.42. The predicted octanol–water partition coefficient (Wildman–Crippen LogP) is 4.01. The van der Waals surface area contributed by atoms with Crippen molar-refractivity contribution in [3.8, 4) is 11.8 Å². The van der Waals surface area contributed by atoms with Gasteiger partial charge < -0.3 is 14.0 Å². The van der Waals surface area contributed by atoms with E-state index in [0.717, 1.165) is 22.0 Å². The molecule has 0 fully saturated rings. The zero-order valence-electron chi connectivity index (χ0n) is 18.7. The van der Waals surface area contributed by atoms with Crippen molar-refractivity contribution >= 4 is 28.5 Å². The summed E-state index contributed by atoms with van der Waals surface area (Å²) in [5.41, 5.74) is 3.69. The van der Waals surface area contributed by atoms with E-state index < -0.39 is 17.6 Å². The van der Waals surface area contributed by atoms with Gasteiger partial charge in [-0.2, -0.15) is 0 Å². The van der Waals surface area contributed by atoms with Gasteiger partial charge in [0.1, 0.15) is 5.60 Å². The maximum Gasteiger partial charge on any atom is 0.410 e. The minimum absolute atomic E-state index is 0.193. The van der Waals surface area contributed by atoms with Gasteiger partial charge in [-0.25, -0.2) is 4.79 Å². The van der Waals surface area contributed by atoms with Crippen molar-refractivity contribution in [2.24, 2.45) is 5.92 Å². The molecule has 2 aromatic rings. The van der Waals surface area contributed by atoms with Crippen LogP contribution in [0.5, 0.6) is 0 Å². The van der Waals surface area contributed by atoms with Gasteiger partial charge in [-0.05, 0) is 56.9 Å². The molecule has 162 valence electrons. The van der Waals surface area contributed by atoms with Crippen LogP contribution in [0.2, 0.25) is 0 Å². The lowest BCUT2D eigenvalue weighted by atomic mass is 9.80. The van der Waals surface area contributed by atoms with Crippen LogP contribution < -0.4 is 0 Å². The summed E-state index contributed by atoms with van der Waals surface area (Å²) in [6.45, 7) is 8.22. The van der Waals surface area contributed by atoms with Crippen molar-refractivity contribution in [2.45, 2.75) is 52.3 Å². The summed E-state index contributed by atoms with van der Waals surface area (Å²) in [5.74, 6) is 5.20. The van der Waals surface area contributed by atoms with Gasteiger partial charge in [0, 0.05) is 23.6 Å². The molecule has 2 atom stereocenters. The van der Waals surface area contributed by atoms with Gasteiger partial charge in [-0.1, -0.05) is 24.1 Å². The monoisotopic (exact) mass is 420 g/mol. The fourth-order valence-electron chi connectivity index (χ4n) is 4.53. The number of methoxy groups -OCH3 is 1. The van der Waals surface area contributed by atoms with E-state index in [-0.39, 0.29) is 18.6 Å². The summed E-state index contributed by atoms with van der Waals surface area (Å²) in [5, 5.41) is 1.16. The Morgan fingerprint density at radius 2 is 2.03 bits per heavy atom. The Morgan fingerprint density at radius 1 is 1.26 bits per heavy atom. The molecular formula is C25H28N2O4. The van der Waals surface area contributed by atoms with Crippen molar-refractivity contribution in [3.63, 3.8) is 0 Å². The zero-order valence-corrected chi connectivity index (χ0v) is 18.7. The minimum atomic E-state index is -0.624. The summed E-state index contributed by atoms with van der Waals surface area (Å²) in [4.78, 5) is 27.3. The lowest BCUT2D eigenvalue weighted by Gasteiger charge is -2.41. The quantitative estimate of drug-likeness (QED) is 0.544. The van der Waals surface area contributed by atoms with Gasteiger partial charge in [0.2, 0.25) is 0 Å². The fraction of sp³-hybridized carbons (Fsp3) is 0.440. The van der Waals surface area contributed by atoms with E-state index in [0.29, 0.717) is 13.0 Å². The molecule has 6 nitrogen and oxygen atoms in total. The van der Waals surface area contributed by atoms with Crippen LogP contribution in [0.3, 0.4) is 0 Å². The molecule has 1 aromatic heterocycles. The number of esters is 1. The maximum atomic E-state index is 13.1. The maximum absolute atomic E-state index is 13.1. The number of hydrogen-bond donors (Lipinski definition) is 0. The number of carbonyl (C=O) groups excluding carboxylic acids is 2. The lowest BCUT2D eigenvalue weighted by Crippen LogP contribution is -2.51. The third-order valence-corrected chi connectivity index (χ3v) is 5.78. The molecule has 0 N–H and O–H groups in total. The fourth-order valence-corrected chi connectivity index (χ4v) is 4.53. The second-order valence-corrected chi connectivity index (χ2v) is 9.01. The third kappa shape index (κ3) is 3.81. The van der Waals surface area contributed by atoms with Crippen LogP contribution in [0.25, 0.3) is 16.5 Å². The normalized spacial score (nSPS) is 19.8. The van der Waals surface area contributed by atoms with Gasteiger partial charge in [0.15, 0.2) is 0 Å². The molecule has 0 unspecified atom stereocenters. The Labute approximate surface area is 182 Å². The topological polar surface area (TPSA) is 60.8 Å². The minimum Gasteiger partial charge on any atom is -0.469 e. The van der Waals surface area contributed by atoms with E-state index in [2.05, 4.69) is 34.7 Å². The average Bonchev–Trinajstić information content (AvgIpc) is 3.08. The molecule has 1 aliphatic carbocycles. The van der Waals surface area contributed by atoms with E-state index >= 15 is 0 Å². The molecular weight excluding hydrogens is 392 g/mol. The van der Waals surface area contributed by atoms with E-state index in [1.54, 1.807) is 4.90 Å². The number of fused-ring (bicyclic) bond motifs is 2. The number of ether oxygens (including phenoxy) is 2. The van der Waals surface area contributed by atoms with Crippen molar-refractivity contribution in [2.75, 3.05) is 13.7 Å². The van der Waals surface area contributed by atoms with Crippen LogP contribution in [0.1, 0.15) is 38.8 Å². The van der Waals surface area contributed by atoms with Crippen molar-refractivity contribution in [1.29, 1.82) is 0 Å². The van der Waals surface area contributed by atoms with Crippen molar-refractivity contribution in [1.82, 2.24) is 9.47 Å². The first kappa shape index (κ1) is 21.0. The highest BCUT2D eigenvalue weighted by molar-refractivity contribution is 6.00. The standard InChI is InChI=1S/C25H28N2O4/c1-6-7-11-26-14-16-13-21-19(18-9-8-10-20(26)22(16)18)12-17(23(28)30-5)15-27(21)24(29)31-25(2,3)4/h8-10,12,14,17,21H,11,13,15H2,1-5H3/t17-,21-/m1/s1. The number of rotatable bonds is 2. The lowest BCUT2D eigenvalue weighted by molar-refractivity contribution is -0.144. The first-order chi connectivity index (χ1) is 14.7. The summed E-state index contributed by atoms with van der Waals surface area (Å²) in [7, 11) is 1.37. The third-order valence-electron chi connectivity index (χ3n) is 5.78. The molecule has 1 aliphatic heterocycles. The van der Waals surface area contributed by atoms with Gasteiger partial charge in [-0.3, -0.25) is 9.69 Å². The number of benzene rings is 1. The Morgan fingerprint density at radius 3 is 2.71 bits per heavy atom. The first-order valence-corrected chi connectivity index (χ1v) is 10.5. The van der Waals surface area contributed by atoms with Gasteiger partial charge in [0.25, 0.3) is 0 Å². The van der Waals surface area contributed by atoms with Gasteiger partial charge in [-0.15, -0.1) is 5.92 Å². The molecule has 2 aliphatic rings. The van der Waals surface area contributed by atoms with Crippen LogP contribution in [-0.4, -0.2) is 46.8 Å². The van der Waals surface area contributed by atoms with Gasteiger partial charge >= 0.3 is 12.1 Å². The van der Waals surface area contributed by atoms with Crippen LogP contribution in [-0.2, 0) is 27.2 Å². The van der Waals surface area contributed by atoms with E-state index in [9.17, 15) is 9.59 Å².